The number of carbonyl (C=O) groups excluding carboxylic acids is 1. The zero-order chi connectivity index (χ0) is 23.2. The third-order valence-corrected chi connectivity index (χ3v) is 7.15. The van der Waals surface area contributed by atoms with Crippen molar-refractivity contribution in [1.82, 2.24) is 15.2 Å². The van der Waals surface area contributed by atoms with E-state index in [1.165, 1.54) is 0 Å². The topological polar surface area (TPSA) is 57.3 Å². The van der Waals surface area contributed by atoms with E-state index >= 15 is 0 Å². The van der Waals surface area contributed by atoms with Crippen molar-refractivity contribution in [3.05, 3.63) is 70.2 Å². The van der Waals surface area contributed by atoms with Crippen LogP contribution in [0.2, 0.25) is 0 Å². The fourth-order valence-electron chi connectivity index (χ4n) is 3.96. The molecule has 2 heterocycles. The average Bonchev–Trinajstić information content (AvgIpc) is 3.35. The monoisotopic (exact) mass is 474 g/mol. The molecule has 4 rings (SSSR count). The molecule has 1 aliphatic rings. The number of nitrogens with zero attached hydrogens (tertiary/aromatic N) is 2. The van der Waals surface area contributed by atoms with Gasteiger partial charge in [0, 0.05) is 35.6 Å². The van der Waals surface area contributed by atoms with Gasteiger partial charge >= 0.3 is 0 Å². The molecule has 1 aromatic heterocycles. The Labute approximate surface area is 204 Å². The summed E-state index contributed by atoms with van der Waals surface area (Å²) in [6.45, 7) is 4.20. The maximum Gasteiger partial charge on any atom is 0.275 e. The number of benzene rings is 2. The zero-order valence-corrected chi connectivity index (χ0v) is 20.1. The number of rotatable bonds is 5. The van der Waals surface area contributed by atoms with Gasteiger partial charge in [-0.25, -0.2) is 4.98 Å². The number of hydrogen-bond acceptors (Lipinski definition) is 4. The fraction of sp³-hybridized carbons (Fsp3) is 0.269. The molecule has 168 valence electrons. The molecule has 2 N–H and O–H groups in total. The number of aromatic nitrogens is 1. The number of nitrogens with one attached hydrogen (secondary N) is 2. The second kappa shape index (κ2) is 10.6. The highest BCUT2D eigenvalue weighted by atomic mass is 32.1. The minimum atomic E-state index is -0.185. The van der Waals surface area contributed by atoms with Gasteiger partial charge in [-0.15, -0.1) is 17.8 Å². The Balaban J connectivity index is 1.42. The van der Waals surface area contributed by atoms with Crippen LogP contribution in [-0.4, -0.2) is 40.5 Å². The van der Waals surface area contributed by atoms with Crippen molar-refractivity contribution < 1.29 is 4.79 Å². The fourth-order valence-corrected chi connectivity index (χ4v) is 5.18. The van der Waals surface area contributed by atoms with Crippen molar-refractivity contribution in [3.8, 4) is 23.5 Å². The number of anilines is 1. The standard InChI is InChI=1S/C26H26N4OS2/c1-3-13-27-26(32)30-14-11-20(12-15-30)25-29-23(17-33-25)24(31)28-22-10-9-18(2)16-21(22)19-7-5-4-6-8-19/h1,4-10,16-17,20H,11-15H2,2H3,(H,27,32)(H,28,31). The van der Waals surface area contributed by atoms with Crippen molar-refractivity contribution in [2.75, 3.05) is 25.0 Å². The molecule has 0 atom stereocenters. The van der Waals surface area contributed by atoms with E-state index in [0.29, 0.717) is 23.3 Å². The van der Waals surface area contributed by atoms with E-state index in [-0.39, 0.29) is 5.91 Å². The third kappa shape index (κ3) is 5.59. The molecule has 1 aliphatic heterocycles. The Morgan fingerprint density at radius 1 is 1.24 bits per heavy atom. The van der Waals surface area contributed by atoms with E-state index in [1.54, 1.807) is 11.3 Å². The van der Waals surface area contributed by atoms with Crippen LogP contribution in [0.1, 0.15) is 39.8 Å². The van der Waals surface area contributed by atoms with Crippen LogP contribution in [0.4, 0.5) is 5.69 Å². The first-order chi connectivity index (χ1) is 16.0. The van der Waals surface area contributed by atoms with Gasteiger partial charge in [0.25, 0.3) is 5.91 Å². The average molecular weight is 475 g/mol. The normalized spacial score (nSPS) is 13.9. The number of piperidine rings is 1. The van der Waals surface area contributed by atoms with E-state index in [9.17, 15) is 4.79 Å². The Morgan fingerprint density at radius 3 is 2.73 bits per heavy atom. The Morgan fingerprint density at radius 2 is 2.00 bits per heavy atom. The van der Waals surface area contributed by atoms with Crippen molar-refractivity contribution in [3.63, 3.8) is 0 Å². The van der Waals surface area contributed by atoms with Gasteiger partial charge in [-0.05, 0) is 49.7 Å². The number of aryl methyl sites for hydroxylation is 1. The predicted molar refractivity (Wildman–Crippen MR) is 140 cm³/mol. The van der Waals surface area contributed by atoms with Crippen LogP contribution in [0, 0.1) is 19.3 Å². The second-order valence-electron chi connectivity index (χ2n) is 8.06. The minimum absolute atomic E-state index is 0.185. The molecule has 1 saturated heterocycles. The lowest BCUT2D eigenvalue weighted by Crippen LogP contribution is -2.44. The van der Waals surface area contributed by atoms with Crippen LogP contribution < -0.4 is 10.6 Å². The molecule has 0 aliphatic carbocycles. The van der Waals surface area contributed by atoms with Gasteiger partial charge in [0.05, 0.1) is 11.6 Å². The maximum atomic E-state index is 13.0. The zero-order valence-electron chi connectivity index (χ0n) is 18.5. The summed E-state index contributed by atoms with van der Waals surface area (Å²) in [7, 11) is 0. The van der Waals surface area contributed by atoms with Crippen LogP contribution >= 0.6 is 23.6 Å². The first-order valence-corrected chi connectivity index (χ1v) is 12.2. The highest BCUT2D eigenvalue weighted by Gasteiger charge is 2.25. The molecule has 7 heteroatoms. The van der Waals surface area contributed by atoms with Gasteiger partial charge in [0.1, 0.15) is 5.69 Å². The van der Waals surface area contributed by atoms with E-state index in [1.807, 2.05) is 54.8 Å². The van der Waals surface area contributed by atoms with Gasteiger partial charge in [0.2, 0.25) is 0 Å². The molecular weight excluding hydrogens is 448 g/mol. The number of terminal acetylenes is 1. The molecule has 2 aromatic carbocycles. The lowest BCUT2D eigenvalue weighted by molar-refractivity contribution is 0.102. The van der Waals surface area contributed by atoms with Crippen molar-refractivity contribution in [2.45, 2.75) is 25.7 Å². The molecule has 0 saturated carbocycles. The summed E-state index contributed by atoms with van der Waals surface area (Å²) in [5.41, 5.74) is 4.46. The molecule has 33 heavy (non-hydrogen) atoms. The van der Waals surface area contributed by atoms with Crippen LogP contribution in [0.25, 0.3) is 11.1 Å². The minimum Gasteiger partial charge on any atom is -0.352 e. The first-order valence-electron chi connectivity index (χ1n) is 10.9. The molecule has 0 radical (unpaired) electrons. The molecule has 0 spiro atoms. The number of likely N-dealkylation sites (tertiary alicyclic amines) is 1. The van der Waals surface area contributed by atoms with Crippen molar-refractivity contribution >= 4 is 40.3 Å². The molecule has 5 nitrogen and oxygen atoms in total. The molecule has 0 bridgehead atoms. The van der Waals surface area contributed by atoms with Crippen molar-refractivity contribution in [2.24, 2.45) is 0 Å². The van der Waals surface area contributed by atoms with Crippen molar-refractivity contribution in [1.29, 1.82) is 0 Å². The van der Waals surface area contributed by atoms with Gasteiger partial charge in [-0.1, -0.05) is 47.9 Å². The van der Waals surface area contributed by atoms with E-state index < -0.39 is 0 Å². The second-order valence-corrected chi connectivity index (χ2v) is 9.34. The Kier molecular flexibility index (Phi) is 7.38. The number of hydrogen-bond donors (Lipinski definition) is 2. The summed E-state index contributed by atoms with van der Waals surface area (Å²) in [4.78, 5) is 19.8. The van der Waals surface area contributed by atoms with Crippen LogP contribution in [0.3, 0.4) is 0 Å². The summed E-state index contributed by atoms with van der Waals surface area (Å²) in [5, 5.41) is 9.71. The van der Waals surface area contributed by atoms with Gasteiger partial charge in [-0.3, -0.25) is 4.79 Å². The van der Waals surface area contributed by atoms with Crippen LogP contribution in [0.15, 0.2) is 53.9 Å². The smallest absolute Gasteiger partial charge is 0.275 e. The highest BCUT2D eigenvalue weighted by molar-refractivity contribution is 7.80. The Hall–Kier alpha value is -3.21. The predicted octanol–water partition coefficient (Wildman–Crippen LogP) is 5.06. The number of thiazole rings is 1. The lowest BCUT2D eigenvalue weighted by Gasteiger charge is -2.32. The molecule has 1 fully saturated rings. The summed E-state index contributed by atoms with van der Waals surface area (Å²) in [5.74, 6) is 2.70. The lowest BCUT2D eigenvalue weighted by atomic mass is 9.98. The number of thiocarbonyl (C=S) groups is 1. The largest absolute Gasteiger partial charge is 0.352 e. The molecular formula is C26H26N4OS2. The third-order valence-electron chi connectivity index (χ3n) is 5.74. The van der Waals surface area contributed by atoms with E-state index in [4.69, 9.17) is 18.6 Å². The molecule has 1 amide bonds. The summed E-state index contributed by atoms with van der Waals surface area (Å²) >= 11 is 6.96. The molecule has 0 unspecified atom stereocenters. The highest BCUT2D eigenvalue weighted by Crippen LogP contribution is 2.32. The number of amides is 1. The summed E-state index contributed by atoms with van der Waals surface area (Å²) in [6.07, 6.45) is 7.19. The SMILES string of the molecule is C#CCNC(=S)N1CCC(c2nc(C(=O)Nc3ccc(C)cc3-c3ccccc3)cs2)CC1. The maximum absolute atomic E-state index is 13.0. The summed E-state index contributed by atoms with van der Waals surface area (Å²) < 4.78 is 0. The van der Waals surface area contributed by atoms with Gasteiger partial charge < -0.3 is 15.5 Å². The first kappa shape index (κ1) is 23.0. The molecule has 3 aromatic rings. The number of carbonyl (C=O) groups is 1. The van der Waals surface area contributed by atoms with Gasteiger partial charge in [0.15, 0.2) is 5.11 Å². The van der Waals surface area contributed by atoms with Crippen LogP contribution in [-0.2, 0) is 0 Å². The summed E-state index contributed by atoms with van der Waals surface area (Å²) in [6, 6.07) is 16.1. The Bertz CT molecular complexity index is 1170. The van der Waals surface area contributed by atoms with Crippen LogP contribution in [0.5, 0.6) is 0 Å². The van der Waals surface area contributed by atoms with Gasteiger partial charge in [-0.2, -0.15) is 0 Å². The van der Waals surface area contributed by atoms with E-state index in [2.05, 4.69) is 32.5 Å². The quantitative estimate of drug-likeness (QED) is 0.400. The van der Waals surface area contributed by atoms with E-state index in [0.717, 1.165) is 53.3 Å².